The molecule has 2 aliphatic heterocycles. The Labute approximate surface area is 148 Å². The molecule has 1 amide bonds. The molecule has 124 valence electrons. The molecule has 6 heteroatoms. The van der Waals surface area contributed by atoms with E-state index in [4.69, 9.17) is 21.1 Å². The molecular weight excluding hydrogens is 342 g/mol. The maximum atomic E-state index is 12.2. The number of rotatable bonds is 3. The molecule has 2 aliphatic rings. The van der Waals surface area contributed by atoms with Crippen LogP contribution in [0.25, 0.3) is 11.6 Å². The highest BCUT2D eigenvalue weighted by atomic mass is 35.5. The molecule has 0 saturated heterocycles. The number of hydrogen-bond acceptors (Lipinski definition) is 4. The van der Waals surface area contributed by atoms with Crippen LogP contribution < -0.4 is 14.8 Å². The van der Waals surface area contributed by atoms with E-state index < -0.39 is 0 Å². The lowest BCUT2D eigenvalue weighted by Gasteiger charge is -1.98. The zero-order valence-corrected chi connectivity index (χ0v) is 13.7. The lowest BCUT2D eigenvalue weighted by Crippen LogP contribution is -2.05. The Balaban J connectivity index is 1.57. The Morgan fingerprint density at radius 3 is 2.84 bits per heavy atom. The first kappa shape index (κ1) is 15.5. The van der Waals surface area contributed by atoms with Crippen molar-refractivity contribution in [2.75, 3.05) is 12.1 Å². The van der Waals surface area contributed by atoms with Crippen LogP contribution in [-0.4, -0.2) is 18.5 Å². The van der Waals surface area contributed by atoms with Crippen molar-refractivity contribution in [3.8, 4) is 11.5 Å². The average Bonchev–Trinajstić information content (AvgIpc) is 3.17. The van der Waals surface area contributed by atoms with Crippen LogP contribution >= 0.6 is 11.6 Å². The molecule has 25 heavy (non-hydrogen) atoms. The number of hydrogen-bond donors (Lipinski definition) is 1. The molecule has 0 aromatic heterocycles. The van der Waals surface area contributed by atoms with Gasteiger partial charge in [0.2, 0.25) is 6.79 Å². The fourth-order valence-electron chi connectivity index (χ4n) is 2.69. The van der Waals surface area contributed by atoms with Gasteiger partial charge in [-0.3, -0.25) is 9.59 Å². The minimum Gasteiger partial charge on any atom is -0.454 e. The summed E-state index contributed by atoms with van der Waals surface area (Å²) in [6.07, 6.45) is 4.37. The highest BCUT2D eigenvalue weighted by molar-refractivity contribution is 6.36. The average molecular weight is 354 g/mol. The van der Waals surface area contributed by atoms with Gasteiger partial charge in [0.25, 0.3) is 5.91 Å². The third-order valence-corrected chi connectivity index (χ3v) is 4.12. The molecule has 2 aromatic carbocycles. The number of amides is 1. The van der Waals surface area contributed by atoms with Crippen molar-refractivity contribution < 1.29 is 19.1 Å². The first-order chi connectivity index (χ1) is 12.1. The number of ether oxygens (including phenoxy) is 2. The Morgan fingerprint density at radius 1 is 1.12 bits per heavy atom. The number of halogens is 1. The Bertz CT molecular complexity index is 962. The van der Waals surface area contributed by atoms with E-state index in [1.54, 1.807) is 36.4 Å². The summed E-state index contributed by atoms with van der Waals surface area (Å²) in [5.41, 5.74) is 2.38. The van der Waals surface area contributed by atoms with Crippen LogP contribution in [0.15, 0.2) is 48.6 Å². The molecule has 1 N–H and O–H groups in total. The fourth-order valence-corrected chi connectivity index (χ4v) is 2.86. The van der Waals surface area contributed by atoms with Crippen molar-refractivity contribution in [1.29, 1.82) is 0 Å². The summed E-state index contributed by atoms with van der Waals surface area (Å²) in [6, 6.07) is 10.5. The van der Waals surface area contributed by atoms with Gasteiger partial charge in [0, 0.05) is 16.3 Å². The molecule has 0 aliphatic carbocycles. The second-order valence-electron chi connectivity index (χ2n) is 5.55. The summed E-state index contributed by atoms with van der Waals surface area (Å²) >= 11 is 5.97. The largest absolute Gasteiger partial charge is 0.454 e. The topological polar surface area (TPSA) is 64.6 Å². The molecule has 0 spiro atoms. The van der Waals surface area contributed by atoms with E-state index in [0.29, 0.717) is 33.3 Å². The van der Waals surface area contributed by atoms with Crippen LogP contribution in [-0.2, 0) is 9.59 Å². The van der Waals surface area contributed by atoms with Crippen LogP contribution in [0.2, 0.25) is 5.02 Å². The monoisotopic (exact) mass is 353 g/mol. The maximum absolute atomic E-state index is 12.2. The van der Waals surface area contributed by atoms with Crippen LogP contribution in [0.5, 0.6) is 11.5 Å². The normalized spacial score (nSPS) is 16.4. The second-order valence-corrected chi connectivity index (χ2v) is 5.99. The quantitative estimate of drug-likeness (QED) is 0.855. The molecule has 0 atom stereocenters. The summed E-state index contributed by atoms with van der Waals surface area (Å²) in [5, 5.41) is 3.21. The van der Waals surface area contributed by atoms with E-state index in [9.17, 15) is 9.59 Å². The first-order valence-corrected chi connectivity index (χ1v) is 7.92. The SMILES string of the molecule is O=C(C=Cc1ccc2c(c1)OCO2)C=C1C(=O)Nc2ccc(Cl)cc21. The van der Waals surface area contributed by atoms with Crippen molar-refractivity contribution in [1.82, 2.24) is 0 Å². The molecule has 2 heterocycles. The number of anilines is 1. The van der Waals surface area contributed by atoms with Gasteiger partial charge in [-0.25, -0.2) is 0 Å². The van der Waals surface area contributed by atoms with Gasteiger partial charge in [-0.2, -0.15) is 0 Å². The molecule has 0 unspecified atom stereocenters. The number of carbonyl (C=O) groups is 2. The van der Waals surface area contributed by atoms with Gasteiger partial charge < -0.3 is 14.8 Å². The summed E-state index contributed by atoms with van der Waals surface area (Å²) < 4.78 is 10.5. The predicted molar refractivity (Wildman–Crippen MR) is 94.7 cm³/mol. The Kier molecular flexibility index (Phi) is 3.78. The van der Waals surface area contributed by atoms with Gasteiger partial charge in [-0.1, -0.05) is 23.7 Å². The summed E-state index contributed by atoms with van der Waals surface area (Å²) in [6.45, 7) is 0.199. The van der Waals surface area contributed by atoms with Gasteiger partial charge in [0.05, 0.1) is 5.57 Å². The molecule has 0 bridgehead atoms. The molecule has 2 aromatic rings. The second kappa shape index (κ2) is 6.11. The van der Waals surface area contributed by atoms with Crippen LogP contribution in [0.4, 0.5) is 5.69 Å². The van der Waals surface area contributed by atoms with E-state index in [1.807, 2.05) is 6.07 Å². The standard InChI is InChI=1S/C19H12ClNO4/c20-12-3-5-16-14(8-12)15(19(23)21-16)9-13(22)4-1-11-2-6-17-18(7-11)25-10-24-17/h1-9H,10H2,(H,21,23). The number of carbonyl (C=O) groups excluding carboxylic acids is 2. The van der Waals surface area contributed by atoms with E-state index in [0.717, 1.165) is 5.56 Å². The van der Waals surface area contributed by atoms with E-state index in [1.165, 1.54) is 12.2 Å². The van der Waals surface area contributed by atoms with Gasteiger partial charge in [0.15, 0.2) is 17.3 Å². The van der Waals surface area contributed by atoms with Gasteiger partial charge in [-0.05, 0) is 48.0 Å². The Hall–Kier alpha value is -3.05. The summed E-state index contributed by atoms with van der Waals surface area (Å²) in [5.74, 6) is 0.714. The van der Waals surface area contributed by atoms with E-state index in [-0.39, 0.29) is 18.5 Å². The van der Waals surface area contributed by atoms with Gasteiger partial charge in [0.1, 0.15) is 0 Å². The zero-order valence-electron chi connectivity index (χ0n) is 12.9. The van der Waals surface area contributed by atoms with Crippen molar-refractivity contribution in [2.45, 2.75) is 0 Å². The van der Waals surface area contributed by atoms with Crippen molar-refractivity contribution in [2.24, 2.45) is 0 Å². The first-order valence-electron chi connectivity index (χ1n) is 7.55. The van der Waals surface area contributed by atoms with Crippen LogP contribution in [0, 0.1) is 0 Å². The predicted octanol–water partition coefficient (Wildman–Crippen LogP) is 3.69. The third-order valence-electron chi connectivity index (χ3n) is 3.89. The number of benzene rings is 2. The number of ketones is 1. The van der Waals surface area contributed by atoms with Crippen LogP contribution in [0.1, 0.15) is 11.1 Å². The summed E-state index contributed by atoms with van der Waals surface area (Å²) in [4.78, 5) is 24.3. The third kappa shape index (κ3) is 3.02. The molecular formula is C19H12ClNO4. The van der Waals surface area contributed by atoms with Gasteiger partial charge >= 0.3 is 0 Å². The number of fused-ring (bicyclic) bond motifs is 2. The minimum atomic E-state index is -0.318. The molecule has 4 rings (SSSR count). The van der Waals surface area contributed by atoms with Crippen molar-refractivity contribution in [3.05, 3.63) is 64.7 Å². The molecule has 0 fully saturated rings. The van der Waals surface area contributed by atoms with Crippen molar-refractivity contribution >= 4 is 40.6 Å². The highest BCUT2D eigenvalue weighted by Crippen LogP contribution is 2.34. The highest BCUT2D eigenvalue weighted by Gasteiger charge is 2.24. The lowest BCUT2D eigenvalue weighted by molar-refractivity contribution is -0.112. The van der Waals surface area contributed by atoms with Gasteiger partial charge in [-0.15, -0.1) is 0 Å². The molecule has 0 radical (unpaired) electrons. The summed E-state index contributed by atoms with van der Waals surface area (Å²) in [7, 11) is 0. The molecule has 5 nitrogen and oxygen atoms in total. The number of allylic oxidation sites excluding steroid dienone is 2. The zero-order chi connectivity index (χ0) is 17.4. The lowest BCUT2D eigenvalue weighted by atomic mass is 10.1. The fraction of sp³-hybridized carbons (Fsp3) is 0.0526. The Morgan fingerprint density at radius 2 is 1.96 bits per heavy atom. The van der Waals surface area contributed by atoms with E-state index >= 15 is 0 Å². The minimum absolute atomic E-state index is 0.199. The van der Waals surface area contributed by atoms with E-state index in [2.05, 4.69) is 5.32 Å². The smallest absolute Gasteiger partial charge is 0.256 e. The van der Waals surface area contributed by atoms with Crippen molar-refractivity contribution in [3.63, 3.8) is 0 Å². The number of nitrogens with one attached hydrogen (secondary N) is 1. The molecule has 0 saturated carbocycles. The maximum Gasteiger partial charge on any atom is 0.256 e. The van der Waals surface area contributed by atoms with Crippen LogP contribution in [0.3, 0.4) is 0 Å².